The van der Waals surface area contributed by atoms with Gasteiger partial charge in [0.1, 0.15) is 11.9 Å². The van der Waals surface area contributed by atoms with Gasteiger partial charge in [0.05, 0.1) is 5.56 Å². The number of aromatic nitrogens is 1. The number of benzene rings is 2. The van der Waals surface area contributed by atoms with E-state index in [0.717, 1.165) is 77.8 Å². The fraction of sp³-hybridized carbons (Fsp3) is 0.400. The summed E-state index contributed by atoms with van der Waals surface area (Å²) >= 11 is 0. The van der Waals surface area contributed by atoms with Gasteiger partial charge in [0.15, 0.2) is 5.78 Å². The number of piperidine rings is 1. The maximum atomic E-state index is 13.7. The second-order valence-corrected chi connectivity index (χ2v) is 8.98. The molecule has 4 N–H and O–H groups in total. The van der Waals surface area contributed by atoms with E-state index in [4.69, 9.17) is 15.2 Å². The van der Waals surface area contributed by atoms with Crippen LogP contribution in [-0.2, 0) is 10.2 Å². The predicted molar refractivity (Wildman–Crippen MR) is 120 cm³/mol. The Kier molecular flexibility index (Phi) is 4.33. The van der Waals surface area contributed by atoms with Gasteiger partial charge in [-0.15, -0.1) is 0 Å². The molecule has 0 saturated carbocycles. The third-order valence-corrected chi connectivity index (χ3v) is 7.21. The Balaban J connectivity index is 1.51. The average molecular weight is 418 g/mol. The molecule has 31 heavy (non-hydrogen) atoms. The monoisotopic (exact) mass is 417 g/mol. The van der Waals surface area contributed by atoms with Gasteiger partial charge < -0.3 is 25.5 Å². The van der Waals surface area contributed by atoms with E-state index in [9.17, 15) is 4.79 Å². The molecule has 160 valence electrons. The fourth-order valence-corrected chi connectivity index (χ4v) is 5.61. The molecule has 6 nitrogen and oxygen atoms in total. The van der Waals surface area contributed by atoms with Crippen molar-refractivity contribution < 1.29 is 14.3 Å². The van der Waals surface area contributed by atoms with Crippen molar-refractivity contribution in [3.05, 3.63) is 58.8 Å². The highest BCUT2D eigenvalue weighted by Gasteiger charge is 2.47. The van der Waals surface area contributed by atoms with Crippen LogP contribution in [0, 0.1) is 0 Å². The van der Waals surface area contributed by atoms with Crippen LogP contribution in [0.5, 0.6) is 5.75 Å². The highest BCUT2D eigenvalue weighted by molar-refractivity contribution is 6.20. The van der Waals surface area contributed by atoms with Crippen molar-refractivity contribution in [3.63, 3.8) is 0 Å². The van der Waals surface area contributed by atoms with E-state index in [2.05, 4.69) is 16.4 Å². The van der Waals surface area contributed by atoms with Crippen LogP contribution < -0.4 is 15.8 Å². The molecule has 2 saturated heterocycles. The van der Waals surface area contributed by atoms with Crippen molar-refractivity contribution >= 4 is 22.4 Å². The number of anilines is 1. The van der Waals surface area contributed by atoms with Crippen LogP contribution in [0.1, 0.15) is 52.9 Å². The summed E-state index contributed by atoms with van der Waals surface area (Å²) in [6, 6.07) is 11.8. The molecule has 3 aliphatic rings. The van der Waals surface area contributed by atoms with Gasteiger partial charge in [0, 0.05) is 46.5 Å². The number of hydrogen-bond acceptors (Lipinski definition) is 5. The van der Waals surface area contributed by atoms with Gasteiger partial charge in [-0.3, -0.25) is 4.79 Å². The third-order valence-electron chi connectivity index (χ3n) is 7.21. The van der Waals surface area contributed by atoms with Crippen molar-refractivity contribution in [1.82, 2.24) is 10.3 Å². The Hall–Kier alpha value is -2.83. The zero-order valence-corrected chi connectivity index (χ0v) is 17.5. The Bertz CT molecular complexity index is 1170. The van der Waals surface area contributed by atoms with Gasteiger partial charge in [-0.25, -0.2) is 0 Å². The van der Waals surface area contributed by atoms with E-state index < -0.39 is 0 Å². The van der Waals surface area contributed by atoms with Gasteiger partial charge in [0.25, 0.3) is 0 Å². The summed E-state index contributed by atoms with van der Waals surface area (Å²) in [5.74, 6) is 0.930. The smallest absolute Gasteiger partial charge is 0.195 e. The zero-order chi connectivity index (χ0) is 21.0. The molecule has 0 bridgehead atoms. The first kappa shape index (κ1) is 18.9. The van der Waals surface area contributed by atoms with Gasteiger partial charge in [-0.2, -0.15) is 0 Å². The molecular weight excluding hydrogens is 390 g/mol. The van der Waals surface area contributed by atoms with Crippen LogP contribution in [0.4, 0.5) is 5.69 Å². The summed E-state index contributed by atoms with van der Waals surface area (Å²) in [4.78, 5) is 17.2. The molecule has 2 aliphatic heterocycles. The topological polar surface area (TPSA) is 89.4 Å². The minimum Gasteiger partial charge on any atom is -0.490 e. The Labute approximate surface area is 181 Å². The van der Waals surface area contributed by atoms with Gasteiger partial charge in [-0.05, 0) is 74.7 Å². The van der Waals surface area contributed by atoms with E-state index in [1.54, 1.807) is 0 Å². The second kappa shape index (κ2) is 7.11. The average Bonchev–Trinajstić information content (AvgIpc) is 3.18. The van der Waals surface area contributed by atoms with Crippen molar-refractivity contribution in [1.29, 1.82) is 0 Å². The molecule has 0 atom stereocenters. The number of nitrogens with one attached hydrogen (secondary N) is 2. The fourth-order valence-electron chi connectivity index (χ4n) is 5.61. The van der Waals surface area contributed by atoms with E-state index in [0.29, 0.717) is 18.9 Å². The first-order valence-corrected chi connectivity index (χ1v) is 11.2. The molecule has 3 aromatic rings. The summed E-state index contributed by atoms with van der Waals surface area (Å²) in [5, 5.41) is 4.32. The minimum atomic E-state index is -0.280. The molecule has 1 aromatic heterocycles. The number of carbonyl (C=O) groups is 1. The number of aromatic amines is 1. The largest absolute Gasteiger partial charge is 0.490 e. The molecule has 6 heteroatoms. The number of ketones is 1. The van der Waals surface area contributed by atoms with Crippen molar-refractivity contribution in [2.45, 2.75) is 37.2 Å². The Morgan fingerprint density at radius 3 is 2.68 bits per heavy atom. The first-order chi connectivity index (χ1) is 15.2. The lowest BCUT2D eigenvalue weighted by molar-refractivity contribution is 0.0600. The Morgan fingerprint density at radius 2 is 1.87 bits per heavy atom. The van der Waals surface area contributed by atoms with Crippen LogP contribution in [-0.4, -0.2) is 43.2 Å². The number of hydrogen-bond donors (Lipinski definition) is 3. The molecule has 0 radical (unpaired) electrons. The van der Waals surface area contributed by atoms with Crippen molar-refractivity contribution in [3.8, 4) is 5.75 Å². The maximum absolute atomic E-state index is 13.7. The van der Waals surface area contributed by atoms with E-state index >= 15 is 0 Å². The summed E-state index contributed by atoms with van der Waals surface area (Å²) in [6.45, 7) is 3.31. The number of carbonyl (C=O) groups excluding carboxylic acids is 1. The molecule has 0 unspecified atom stereocenters. The first-order valence-electron chi connectivity index (χ1n) is 11.2. The molecule has 2 fully saturated rings. The van der Waals surface area contributed by atoms with E-state index in [1.165, 1.54) is 0 Å². The van der Waals surface area contributed by atoms with Crippen LogP contribution in [0.25, 0.3) is 10.9 Å². The highest BCUT2D eigenvalue weighted by Crippen LogP contribution is 2.50. The SMILES string of the molecule is Nc1ccc2c3c([nH]c2c1)C1(CCOCC1)c1cc(OC2CCNCC2)ccc1C3=O. The van der Waals surface area contributed by atoms with Crippen LogP contribution in [0.3, 0.4) is 0 Å². The van der Waals surface area contributed by atoms with E-state index in [-0.39, 0.29) is 17.3 Å². The lowest BCUT2D eigenvalue weighted by Crippen LogP contribution is -2.40. The predicted octanol–water partition coefficient (Wildman–Crippen LogP) is 3.52. The van der Waals surface area contributed by atoms with Crippen LogP contribution in [0.2, 0.25) is 0 Å². The van der Waals surface area contributed by atoms with Crippen LogP contribution in [0.15, 0.2) is 36.4 Å². The van der Waals surface area contributed by atoms with Crippen LogP contribution >= 0.6 is 0 Å². The van der Waals surface area contributed by atoms with Gasteiger partial charge in [-0.1, -0.05) is 6.07 Å². The molecule has 1 aliphatic carbocycles. The summed E-state index contributed by atoms with van der Waals surface area (Å²) in [7, 11) is 0. The van der Waals surface area contributed by atoms with Gasteiger partial charge >= 0.3 is 0 Å². The molecule has 6 rings (SSSR count). The molecule has 3 heterocycles. The minimum absolute atomic E-state index is 0.0755. The molecule has 1 spiro atoms. The van der Waals surface area contributed by atoms with Crippen molar-refractivity contribution in [2.24, 2.45) is 0 Å². The number of rotatable bonds is 2. The third kappa shape index (κ3) is 2.89. The lowest BCUT2D eigenvalue weighted by Gasteiger charge is -2.41. The molecule has 0 amide bonds. The second-order valence-electron chi connectivity index (χ2n) is 8.98. The maximum Gasteiger partial charge on any atom is 0.195 e. The normalized spacial score (nSPS) is 20.6. The number of H-pyrrole nitrogens is 1. The standard InChI is InChI=1S/C25H27N3O3/c26-15-1-3-19-21(13-15)28-24-22(19)23(29)18-4-2-17(31-16-5-9-27-10-6-16)14-20(18)25(24)7-11-30-12-8-25/h1-4,13-14,16,27-28H,5-12,26H2. The van der Waals surface area contributed by atoms with Crippen molar-refractivity contribution in [2.75, 3.05) is 32.0 Å². The van der Waals surface area contributed by atoms with Gasteiger partial charge in [0.2, 0.25) is 0 Å². The molecule has 2 aromatic carbocycles. The quantitative estimate of drug-likeness (QED) is 0.555. The van der Waals surface area contributed by atoms with E-state index in [1.807, 2.05) is 30.3 Å². The summed E-state index contributed by atoms with van der Waals surface area (Å²) in [6.07, 6.45) is 3.89. The highest BCUT2D eigenvalue weighted by atomic mass is 16.5. The number of ether oxygens (including phenoxy) is 2. The lowest BCUT2D eigenvalue weighted by atomic mass is 9.64. The number of nitrogens with two attached hydrogens (primary N) is 1. The molecular formula is C25H27N3O3. The number of fused-ring (bicyclic) bond motifs is 6. The zero-order valence-electron chi connectivity index (χ0n) is 17.5. The Morgan fingerprint density at radius 1 is 1.06 bits per heavy atom. The summed E-state index contributed by atoms with van der Waals surface area (Å²) < 4.78 is 12.1. The number of nitrogen functional groups attached to an aromatic ring is 1. The summed E-state index contributed by atoms with van der Waals surface area (Å²) in [5.41, 5.74) is 11.0.